The maximum Gasteiger partial charge on any atom is 0.387 e. The minimum atomic E-state index is -3.11. The molecule has 0 bridgehead atoms. The Morgan fingerprint density at radius 2 is 2.00 bits per heavy atom. The number of ether oxygens (including phenoxy) is 2. The lowest BCUT2D eigenvalue weighted by Crippen LogP contribution is -2.29. The van der Waals surface area contributed by atoms with Crippen LogP contribution in [-0.2, 0) is 5.41 Å². The second kappa shape index (κ2) is 8.35. The average Bonchev–Trinajstić information content (AvgIpc) is 3.55. The van der Waals surface area contributed by atoms with Gasteiger partial charge >= 0.3 is 6.61 Å². The normalized spacial score (nSPS) is 13.8. The van der Waals surface area contributed by atoms with E-state index < -0.39 is 17.9 Å². The lowest BCUT2D eigenvalue weighted by molar-refractivity contribution is -0.0503. The van der Waals surface area contributed by atoms with Gasteiger partial charge in [0.15, 0.2) is 0 Å². The van der Waals surface area contributed by atoms with Crippen LogP contribution in [0.2, 0.25) is 0 Å². The van der Waals surface area contributed by atoms with Crippen LogP contribution in [0.5, 0.6) is 11.5 Å². The van der Waals surface area contributed by atoms with Gasteiger partial charge in [-0.1, -0.05) is 0 Å². The molecule has 1 amide bonds. The van der Waals surface area contributed by atoms with E-state index in [4.69, 9.17) is 9.47 Å². The van der Waals surface area contributed by atoms with E-state index in [1.54, 1.807) is 29.9 Å². The van der Waals surface area contributed by atoms with Crippen molar-refractivity contribution >= 4 is 11.6 Å². The number of imidazole rings is 1. The van der Waals surface area contributed by atoms with Crippen molar-refractivity contribution in [2.75, 3.05) is 14.2 Å². The Bertz CT molecular complexity index is 1260. The minimum Gasteiger partial charge on any atom is -0.496 e. The summed E-state index contributed by atoms with van der Waals surface area (Å²) in [6.07, 6.45) is 5.11. The number of halogens is 2. The molecule has 1 fully saturated rings. The van der Waals surface area contributed by atoms with E-state index in [1.165, 1.54) is 18.1 Å². The van der Waals surface area contributed by atoms with Crippen molar-refractivity contribution in [1.29, 1.82) is 5.26 Å². The molecule has 33 heavy (non-hydrogen) atoms. The second-order valence-corrected chi connectivity index (χ2v) is 8.60. The maximum atomic E-state index is 13.3. The van der Waals surface area contributed by atoms with E-state index in [-0.39, 0.29) is 23.1 Å². The number of carbonyl (C=O) groups is 1. The van der Waals surface area contributed by atoms with Gasteiger partial charge in [-0.25, -0.2) is 4.98 Å². The van der Waals surface area contributed by atoms with Gasteiger partial charge in [0, 0.05) is 24.8 Å². The summed E-state index contributed by atoms with van der Waals surface area (Å²) in [5, 5.41) is 9.41. The number of alkyl halides is 2. The summed E-state index contributed by atoms with van der Waals surface area (Å²) in [5.74, 6) is -0.551. The number of hydrogen-bond donors (Lipinski definition) is 0. The van der Waals surface area contributed by atoms with E-state index in [1.807, 2.05) is 26.0 Å². The number of nitriles is 1. The number of methoxy groups -OCH3 is 1. The Balaban J connectivity index is 1.83. The first kappa shape index (κ1) is 22.5. The number of rotatable bonds is 7. The molecule has 0 unspecified atom stereocenters. The molecule has 3 aromatic rings. The van der Waals surface area contributed by atoms with Crippen LogP contribution in [0.15, 0.2) is 36.7 Å². The van der Waals surface area contributed by atoms with E-state index in [2.05, 4.69) is 11.1 Å². The molecule has 1 aliphatic rings. The SMILES string of the molecule is COc1cc(-c2cnc3cc(C(C)(C)C#N)ccn23)cc(OC(F)F)c1C(=O)N(C)C1CC1. The highest BCUT2D eigenvalue weighted by atomic mass is 19.3. The van der Waals surface area contributed by atoms with E-state index in [9.17, 15) is 18.8 Å². The molecule has 1 aliphatic carbocycles. The lowest BCUT2D eigenvalue weighted by Gasteiger charge is -2.21. The van der Waals surface area contributed by atoms with Crippen LogP contribution < -0.4 is 9.47 Å². The largest absolute Gasteiger partial charge is 0.496 e. The summed E-state index contributed by atoms with van der Waals surface area (Å²) in [5.41, 5.74) is 1.76. The molecule has 0 radical (unpaired) electrons. The highest BCUT2D eigenvalue weighted by Crippen LogP contribution is 2.39. The Labute approximate surface area is 190 Å². The lowest BCUT2D eigenvalue weighted by atomic mass is 9.87. The zero-order chi connectivity index (χ0) is 23.9. The summed E-state index contributed by atoms with van der Waals surface area (Å²) in [6, 6.07) is 8.99. The molecule has 0 atom stereocenters. The molecule has 0 saturated heterocycles. The molecule has 1 aromatic carbocycles. The van der Waals surface area contributed by atoms with Gasteiger partial charge in [-0.15, -0.1) is 0 Å². The van der Waals surface area contributed by atoms with Crippen molar-refractivity contribution < 1.29 is 23.0 Å². The van der Waals surface area contributed by atoms with Crippen molar-refractivity contribution in [3.8, 4) is 28.8 Å². The number of nitrogens with zero attached hydrogens (tertiary/aromatic N) is 4. The van der Waals surface area contributed by atoms with Crippen LogP contribution in [0.3, 0.4) is 0 Å². The van der Waals surface area contributed by atoms with Crippen molar-refractivity contribution in [3.05, 3.63) is 47.8 Å². The molecule has 4 rings (SSSR count). The van der Waals surface area contributed by atoms with Gasteiger partial charge in [0.25, 0.3) is 5.91 Å². The molecular weight excluding hydrogens is 430 g/mol. The first-order valence-corrected chi connectivity index (χ1v) is 10.5. The number of pyridine rings is 1. The van der Waals surface area contributed by atoms with E-state index in [0.717, 1.165) is 18.4 Å². The van der Waals surface area contributed by atoms with Gasteiger partial charge in [0.05, 0.1) is 30.5 Å². The highest BCUT2D eigenvalue weighted by molar-refractivity contribution is 6.01. The zero-order valence-corrected chi connectivity index (χ0v) is 18.8. The van der Waals surface area contributed by atoms with Gasteiger partial charge < -0.3 is 14.4 Å². The second-order valence-electron chi connectivity index (χ2n) is 8.60. The number of amides is 1. The predicted octanol–water partition coefficient (Wildman–Crippen LogP) is 4.65. The standard InChI is InChI=1S/C24H24F2N4O3/c1-24(2,13-27)15-7-8-30-17(12-28-20(30)11-15)14-9-18(32-4)21(19(10-14)33-23(25)26)22(31)29(3)16-5-6-16/h7-12,16,23H,5-6H2,1-4H3. The molecule has 0 N–H and O–H groups in total. The van der Waals surface area contributed by atoms with Crippen LogP contribution in [0.25, 0.3) is 16.9 Å². The smallest absolute Gasteiger partial charge is 0.387 e. The predicted molar refractivity (Wildman–Crippen MR) is 118 cm³/mol. The van der Waals surface area contributed by atoms with Gasteiger partial charge in [-0.05, 0) is 56.5 Å². The van der Waals surface area contributed by atoms with Crippen molar-refractivity contribution in [2.24, 2.45) is 0 Å². The Morgan fingerprint density at radius 3 is 2.61 bits per heavy atom. The topological polar surface area (TPSA) is 79.9 Å². The third-order valence-corrected chi connectivity index (χ3v) is 5.94. The molecule has 172 valence electrons. The van der Waals surface area contributed by atoms with Crippen LogP contribution >= 0.6 is 0 Å². The molecule has 2 heterocycles. The Morgan fingerprint density at radius 1 is 1.30 bits per heavy atom. The summed E-state index contributed by atoms with van der Waals surface area (Å²) in [6.45, 7) is 0.520. The van der Waals surface area contributed by atoms with Crippen LogP contribution in [0.1, 0.15) is 42.6 Å². The summed E-state index contributed by atoms with van der Waals surface area (Å²) in [4.78, 5) is 19.0. The van der Waals surface area contributed by atoms with E-state index >= 15 is 0 Å². The fourth-order valence-corrected chi connectivity index (χ4v) is 3.75. The van der Waals surface area contributed by atoms with Crippen LogP contribution in [-0.4, -0.2) is 47.0 Å². The Hall–Kier alpha value is -3.67. The molecule has 2 aromatic heterocycles. The number of carbonyl (C=O) groups excluding carboxylic acids is 1. The first-order valence-electron chi connectivity index (χ1n) is 10.5. The quantitative estimate of drug-likeness (QED) is 0.519. The number of benzene rings is 1. The molecule has 9 heteroatoms. The summed E-state index contributed by atoms with van der Waals surface area (Å²) in [7, 11) is 3.02. The fourth-order valence-electron chi connectivity index (χ4n) is 3.75. The number of hydrogen-bond acceptors (Lipinski definition) is 5. The van der Waals surface area contributed by atoms with Crippen LogP contribution in [0.4, 0.5) is 8.78 Å². The zero-order valence-electron chi connectivity index (χ0n) is 18.8. The average molecular weight is 454 g/mol. The molecule has 0 spiro atoms. The summed E-state index contributed by atoms with van der Waals surface area (Å²) >= 11 is 0. The van der Waals surface area contributed by atoms with Crippen molar-refractivity contribution in [3.63, 3.8) is 0 Å². The summed E-state index contributed by atoms with van der Waals surface area (Å²) < 4.78 is 38.5. The fraction of sp³-hybridized carbons (Fsp3) is 0.375. The molecule has 0 aliphatic heterocycles. The third-order valence-electron chi connectivity index (χ3n) is 5.94. The number of aromatic nitrogens is 2. The monoisotopic (exact) mass is 454 g/mol. The van der Waals surface area contributed by atoms with E-state index in [0.29, 0.717) is 16.9 Å². The van der Waals surface area contributed by atoms with Crippen molar-refractivity contribution in [2.45, 2.75) is 44.8 Å². The van der Waals surface area contributed by atoms with Gasteiger partial charge in [0.2, 0.25) is 0 Å². The number of fused-ring (bicyclic) bond motifs is 1. The van der Waals surface area contributed by atoms with Gasteiger partial charge in [0.1, 0.15) is 22.7 Å². The third kappa shape index (κ3) is 4.21. The minimum absolute atomic E-state index is 0.0390. The molecular formula is C24H24F2N4O3. The van der Waals surface area contributed by atoms with Crippen molar-refractivity contribution in [1.82, 2.24) is 14.3 Å². The maximum absolute atomic E-state index is 13.3. The molecule has 1 saturated carbocycles. The highest BCUT2D eigenvalue weighted by Gasteiger charge is 2.34. The first-order chi connectivity index (χ1) is 15.7. The molecule has 7 nitrogen and oxygen atoms in total. The van der Waals surface area contributed by atoms with Gasteiger partial charge in [-0.2, -0.15) is 14.0 Å². The Kier molecular flexibility index (Phi) is 5.70. The van der Waals surface area contributed by atoms with Gasteiger partial charge in [-0.3, -0.25) is 9.20 Å². The van der Waals surface area contributed by atoms with Crippen LogP contribution in [0, 0.1) is 11.3 Å².